The summed E-state index contributed by atoms with van der Waals surface area (Å²) < 4.78 is 5.55. The Morgan fingerprint density at radius 2 is 2.14 bits per heavy atom. The predicted molar refractivity (Wildman–Crippen MR) is 100.0 cm³/mol. The Morgan fingerprint density at radius 1 is 1.38 bits per heavy atom. The number of fused-ring (bicyclic) bond motifs is 1. The van der Waals surface area contributed by atoms with Gasteiger partial charge in [0.1, 0.15) is 0 Å². The minimum Gasteiger partial charge on any atom is -0.379 e. The van der Waals surface area contributed by atoms with Crippen LogP contribution in [-0.2, 0) is 11.2 Å². The van der Waals surface area contributed by atoms with Crippen LogP contribution in [-0.4, -0.2) is 38.8 Å². The van der Waals surface area contributed by atoms with Crippen LogP contribution in [0.3, 0.4) is 0 Å². The van der Waals surface area contributed by atoms with Crippen LogP contribution >= 0.6 is 24.0 Å². The lowest BCUT2D eigenvalue weighted by molar-refractivity contribution is 0.0777. The minimum atomic E-state index is 0. The van der Waals surface area contributed by atoms with Gasteiger partial charge in [0, 0.05) is 32.4 Å². The highest BCUT2D eigenvalue weighted by Gasteiger charge is 2.21. The molecule has 0 saturated heterocycles. The monoisotopic (exact) mass is 403 g/mol. The Hall–Kier alpha value is -0.820. The Labute approximate surface area is 145 Å². The highest BCUT2D eigenvalue weighted by molar-refractivity contribution is 14.0. The van der Waals surface area contributed by atoms with E-state index < -0.39 is 0 Å². The second kappa shape index (κ2) is 9.25. The number of nitrogens with zero attached hydrogens (tertiary/aromatic N) is 2. The summed E-state index contributed by atoms with van der Waals surface area (Å²) in [7, 11) is 1.84. The van der Waals surface area contributed by atoms with E-state index in [4.69, 9.17) is 4.74 Å². The van der Waals surface area contributed by atoms with Crippen molar-refractivity contribution in [2.24, 2.45) is 4.99 Å². The van der Waals surface area contributed by atoms with Gasteiger partial charge in [-0.2, -0.15) is 0 Å². The number of guanidine groups is 1. The van der Waals surface area contributed by atoms with E-state index in [9.17, 15) is 0 Å². The first-order chi connectivity index (χ1) is 9.72. The zero-order valence-corrected chi connectivity index (χ0v) is 15.5. The third-order valence-corrected chi connectivity index (χ3v) is 3.41. The molecule has 1 aromatic carbocycles. The fourth-order valence-corrected chi connectivity index (χ4v) is 2.44. The molecular weight excluding hydrogens is 377 g/mol. The average Bonchev–Trinajstić information content (AvgIpc) is 2.86. The molecule has 0 unspecified atom stereocenters. The molecule has 5 heteroatoms. The van der Waals surface area contributed by atoms with E-state index in [1.54, 1.807) is 0 Å². The first-order valence-electron chi connectivity index (χ1n) is 7.40. The first kappa shape index (κ1) is 18.2. The van der Waals surface area contributed by atoms with Crippen molar-refractivity contribution in [3.05, 3.63) is 29.8 Å². The van der Waals surface area contributed by atoms with Gasteiger partial charge in [0.25, 0.3) is 0 Å². The van der Waals surface area contributed by atoms with Gasteiger partial charge in [0.15, 0.2) is 5.96 Å². The number of benzene rings is 1. The molecular formula is C16H26IN3O. The van der Waals surface area contributed by atoms with Crippen molar-refractivity contribution in [2.75, 3.05) is 31.6 Å². The van der Waals surface area contributed by atoms with Crippen molar-refractivity contribution in [3.8, 4) is 0 Å². The Morgan fingerprint density at radius 3 is 2.86 bits per heavy atom. The van der Waals surface area contributed by atoms with E-state index in [-0.39, 0.29) is 24.0 Å². The van der Waals surface area contributed by atoms with Gasteiger partial charge >= 0.3 is 0 Å². The quantitative estimate of drug-likeness (QED) is 0.356. The molecule has 118 valence electrons. The Balaban J connectivity index is 0.00000220. The molecule has 1 aliphatic rings. The molecule has 0 radical (unpaired) electrons. The summed E-state index contributed by atoms with van der Waals surface area (Å²) in [5.41, 5.74) is 2.68. The molecule has 1 aliphatic heterocycles. The number of rotatable bonds is 5. The van der Waals surface area contributed by atoms with Gasteiger partial charge in [-0.25, -0.2) is 0 Å². The van der Waals surface area contributed by atoms with E-state index in [1.165, 1.54) is 11.3 Å². The van der Waals surface area contributed by atoms with Crippen LogP contribution < -0.4 is 10.2 Å². The van der Waals surface area contributed by atoms with Crippen molar-refractivity contribution >= 4 is 35.6 Å². The van der Waals surface area contributed by atoms with Crippen LogP contribution in [0.15, 0.2) is 29.3 Å². The highest BCUT2D eigenvalue weighted by Crippen LogP contribution is 2.27. The van der Waals surface area contributed by atoms with Crippen LogP contribution in [0.2, 0.25) is 0 Å². The maximum Gasteiger partial charge on any atom is 0.198 e. The molecule has 0 fully saturated rings. The highest BCUT2D eigenvalue weighted by atomic mass is 127. The molecule has 1 N–H and O–H groups in total. The van der Waals surface area contributed by atoms with E-state index in [2.05, 4.69) is 53.3 Å². The van der Waals surface area contributed by atoms with Gasteiger partial charge in [-0.3, -0.25) is 4.99 Å². The zero-order valence-electron chi connectivity index (χ0n) is 13.1. The van der Waals surface area contributed by atoms with Crippen LogP contribution in [0.25, 0.3) is 0 Å². The SMILES string of the molecule is CN=C(NCCCOC(C)C)N1CCc2ccccc21.I. The molecule has 4 nitrogen and oxygen atoms in total. The third-order valence-electron chi connectivity index (χ3n) is 3.41. The summed E-state index contributed by atoms with van der Waals surface area (Å²) in [5, 5.41) is 3.42. The lowest BCUT2D eigenvalue weighted by atomic mass is 10.2. The molecule has 0 aromatic heterocycles. The summed E-state index contributed by atoms with van der Waals surface area (Å²) in [6.45, 7) is 6.80. The molecule has 0 aliphatic carbocycles. The number of para-hydroxylation sites is 1. The fraction of sp³-hybridized carbons (Fsp3) is 0.562. The van der Waals surface area contributed by atoms with Crippen LogP contribution in [0.4, 0.5) is 5.69 Å². The van der Waals surface area contributed by atoms with Gasteiger partial charge in [0.05, 0.1) is 6.10 Å². The summed E-state index contributed by atoms with van der Waals surface area (Å²) in [6, 6.07) is 8.54. The minimum absolute atomic E-state index is 0. The number of aliphatic imine (C=N–C) groups is 1. The number of hydrogen-bond acceptors (Lipinski definition) is 2. The lowest BCUT2D eigenvalue weighted by Gasteiger charge is -2.22. The van der Waals surface area contributed by atoms with Crippen molar-refractivity contribution in [1.29, 1.82) is 0 Å². The summed E-state index contributed by atoms with van der Waals surface area (Å²) in [6.07, 6.45) is 2.39. The van der Waals surface area contributed by atoms with Gasteiger partial charge in [-0.1, -0.05) is 18.2 Å². The Bertz CT molecular complexity index is 463. The van der Waals surface area contributed by atoms with Crippen molar-refractivity contribution in [1.82, 2.24) is 5.32 Å². The number of hydrogen-bond donors (Lipinski definition) is 1. The maximum absolute atomic E-state index is 5.55. The molecule has 0 atom stereocenters. The zero-order chi connectivity index (χ0) is 14.4. The summed E-state index contributed by atoms with van der Waals surface area (Å²) >= 11 is 0. The van der Waals surface area contributed by atoms with Gasteiger partial charge in [0.2, 0.25) is 0 Å². The fourth-order valence-electron chi connectivity index (χ4n) is 2.44. The van der Waals surface area contributed by atoms with Crippen LogP contribution in [0.5, 0.6) is 0 Å². The van der Waals surface area contributed by atoms with Crippen molar-refractivity contribution in [3.63, 3.8) is 0 Å². The molecule has 1 heterocycles. The summed E-state index contributed by atoms with van der Waals surface area (Å²) in [5.74, 6) is 0.958. The second-order valence-corrected chi connectivity index (χ2v) is 5.28. The number of halogens is 1. The number of anilines is 1. The first-order valence-corrected chi connectivity index (χ1v) is 7.40. The van der Waals surface area contributed by atoms with Crippen molar-refractivity contribution in [2.45, 2.75) is 32.8 Å². The third kappa shape index (κ3) is 5.14. The molecule has 0 spiro atoms. The van der Waals surface area contributed by atoms with Gasteiger partial charge in [-0.15, -0.1) is 24.0 Å². The smallest absolute Gasteiger partial charge is 0.198 e. The maximum atomic E-state index is 5.55. The number of ether oxygens (including phenoxy) is 1. The van der Waals surface area contributed by atoms with E-state index in [0.717, 1.165) is 38.5 Å². The molecule has 21 heavy (non-hydrogen) atoms. The predicted octanol–water partition coefficient (Wildman–Crippen LogP) is 3.06. The lowest BCUT2D eigenvalue weighted by Crippen LogP contribution is -2.41. The molecule has 0 amide bonds. The topological polar surface area (TPSA) is 36.9 Å². The Kier molecular flexibility index (Phi) is 8.03. The molecule has 0 bridgehead atoms. The normalized spacial score (nSPS) is 14.1. The van der Waals surface area contributed by atoms with Crippen molar-refractivity contribution < 1.29 is 4.74 Å². The molecule has 2 rings (SSSR count). The molecule has 1 aromatic rings. The van der Waals surface area contributed by atoms with E-state index in [1.807, 2.05) is 7.05 Å². The second-order valence-electron chi connectivity index (χ2n) is 5.28. The van der Waals surface area contributed by atoms with Gasteiger partial charge < -0.3 is 15.0 Å². The van der Waals surface area contributed by atoms with Crippen LogP contribution in [0, 0.1) is 0 Å². The van der Waals surface area contributed by atoms with E-state index in [0.29, 0.717) is 6.10 Å². The van der Waals surface area contributed by atoms with Crippen LogP contribution in [0.1, 0.15) is 25.8 Å². The molecule has 0 saturated carbocycles. The summed E-state index contributed by atoms with van der Waals surface area (Å²) in [4.78, 5) is 6.65. The standard InChI is InChI=1S/C16H25N3O.HI/c1-13(2)20-12-6-10-18-16(17-3)19-11-9-14-7-4-5-8-15(14)19;/h4-5,7-8,13H,6,9-12H2,1-3H3,(H,17,18);1H. The largest absolute Gasteiger partial charge is 0.379 e. The average molecular weight is 403 g/mol. The van der Waals surface area contributed by atoms with E-state index >= 15 is 0 Å². The van der Waals surface area contributed by atoms with Gasteiger partial charge in [-0.05, 0) is 38.3 Å². The number of nitrogens with one attached hydrogen (secondary N) is 1.